The van der Waals surface area contributed by atoms with Crippen LogP contribution in [-0.4, -0.2) is 47.1 Å². The monoisotopic (exact) mass is 300 g/mol. The van der Waals surface area contributed by atoms with Crippen LogP contribution in [0.2, 0.25) is 0 Å². The number of piperazine rings is 1. The third kappa shape index (κ3) is 3.37. The SMILES string of the molecule is O=C(O)C(c1ccccc1)N1CCN(Cc2ccco2)CC1. The predicted molar refractivity (Wildman–Crippen MR) is 82.4 cm³/mol. The Morgan fingerprint density at radius 3 is 2.41 bits per heavy atom. The van der Waals surface area contributed by atoms with Crippen LogP contribution in [0.1, 0.15) is 17.4 Å². The zero-order valence-corrected chi connectivity index (χ0v) is 12.4. The Hall–Kier alpha value is -2.11. The summed E-state index contributed by atoms with van der Waals surface area (Å²) in [5.74, 6) is 0.164. The number of carboxylic acid groups (broad SMARTS) is 1. The van der Waals surface area contributed by atoms with Gasteiger partial charge in [-0.25, -0.2) is 0 Å². The van der Waals surface area contributed by atoms with Gasteiger partial charge < -0.3 is 9.52 Å². The Morgan fingerprint density at radius 1 is 1.09 bits per heavy atom. The van der Waals surface area contributed by atoms with E-state index >= 15 is 0 Å². The number of carbonyl (C=O) groups is 1. The first-order valence-corrected chi connectivity index (χ1v) is 7.50. The van der Waals surface area contributed by atoms with E-state index in [0.717, 1.165) is 44.0 Å². The van der Waals surface area contributed by atoms with Crippen molar-refractivity contribution in [3.8, 4) is 0 Å². The average Bonchev–Trinajstić information content (AvgIpc) is 3.03. The molecule has 5 heteroatoms. The molecular weight excluding hydrogens is 280 g/mol. The van der Waals surface area contributed by atoms with Crippen molar-refractivity contribution in [1.29, 1.82) is 0 Å². The summed E-state index contributed by atoms with van der Waals surface area (Å²) in [6.45, 7) is 3.96. The number of aliphatic carboxylic acids is 1. The van der Waals surface area contributed by atoms with Gasteiger partial charge >= 0.3 is 5.97 Å². The lowest BCUT2D eigenvalue weighted by Crippen LogP contribution is -2.48. The van der Waals surface area contributed by atoms with Gasteiger partial charge in [0, 0.05) is 26.2 Å². The quantitative estimate of drug-likeness (QED) is 0.917. The summed E-state index contributed by atoms with van der Waals surface area (Å²) < 4.78 is 5.37. The zero-order valence-electron chi connectivity index (χ0n) is 12.4. The molecular formula is C17H20N2O3. The first kappa shape index (κ1) is 14.8. The van der Waals surface area contributed by atoms with E-state index in [-0.39, 0.29) is 0 Å². The molecule has 1 aliphatic rings. The maximum Gasteiger partial charge on any atom is 0.325 e. The number of furan rings is 1. The first-order valence-electron chi connectivity index (χ1n) is 7.50. The molecule has 1 atom stereocenters. The fraction of sp³-hybridized carbons (Fsp3) is 0.353. The van der Waals surface area contributed by atoms with Gasteiger partial charge in [-0.05, 0) is 17.7 Å². The lowest BCUT2D eigenvalue weighted by molar-refractivity contribution is -0.144. The fourth-order valence-corrected chi connectivity index (χ4v) is 2.95. The molecule has 1 aliphatic heterocycles. The van der Waals surface area contributed by atoms with E-state index in [4.69, 9.17) is 4.42 Å². The van der Waals surface area contributed by atoms with Crippen LogP contribution in [0.4, 0.5) is 0 Å². The minimum Gasteiger partial charge on any atom is -0.480 e. The Balaban J connectivity index is 1.62. The minimum atomic E-state index is -0.786. The highest BCUT2D eigenvalue weighted by molar-refractivity contribution is 5.75. The molecule has 1 aromatic carbocycles. The van der Waals surface area contributed by atoms with Gasteiger partial charge in [0.2, 0.25) is 0 Å². The molecule has 1 unspecified atom stereocenters. The second-order valence-corrected chi connectivity index (χ2v) is 5.54. The van der Waals surface area contributed by atoms with E-state index in [0.29, 0.717) is 0 Å². The number of carboxylic acids is 1. The van der Waals surface area contributed by atoms with Crippen molar-refractivity contribution in [2.45, 2.75) is 12.6 Å². The highest BCUT2D eigenvalue weighted by Gasteiger charge is 2.30. The van der Waals surface area contributed by atoms with E-state index in [1.807, 2.05) is 47.4 Å². The van der Waals surface area contributed by atoms with Crippen molar-refractivity contribution < 1.29 is 14.3 Å². The van der Waals surface area contributed by atoms with Crippen LogP contribution in [0.3, 0.4) is 0 Å². The van der Waals surface area contributed by atoms with Crippen molar-refractivity contribution >= 4 is 5.97 Å². The van der Waals surface area contributed by atoms with Crippen LogP contribution in [-0.2, 0) is 11.3 Å². The second-order valence-electron chi connectivity index (χ2n) is 5.54. The number of benzene rings is 1. The van der Waals surface area contributed by atoms with Crippen molar-refractivity contribution in [3.63, 3.8) is 0 Å². The van der Waals surface area contributed by atoms with Gasteiger partial charge in [-0.2, -0.15) is 0 Å². The van der Waals surface area contributed by atoms with Gasteiger partial charge in [0.25, 0.3) is 0 Å². The lowest BCUT2D eigenvalue weighted by atomic mass is 10.0. The molecule has 1 aromatic heterocycles. The van der Waals surface area contributed by atoms with Crippen LogP contribution in [0.15, 0.2) is 53.1 Å². The standard InChI is InChI=1S/C17H20N2O3/c20-17(21)16(14-5-2-1-3-6-14)19-10-8-18(9-11-19)13-15-7-4-12-22-15/h1-7,12,16H,8-11,13H2,(H,20,21). The van der Waals surface area contributed by atoms with Crippen LogP contribution >= 0.6 is 0 Å². The number of hydrogen-bond donors (Lipinski definition) is 1. The number of rotatable bonds is 5. The molecule has 1 saturated heterocycles. The van der Waals surface area contributed by atoms with Gasteiger partial charge in [0.15, 0.2) is 0 Å². The molecule has 0 radical (unpaired) electrons. The van der Waals surface area contributed by atoms with E-state index in [1.54, 1.807) is 6.26 Å². The summed E-state index contributed by atoms with van der Waals surface area (Å²) in [5.41, 5.74) is 0.842. The largest absolute Gasteiger partial charge is 0.480 e. The molecule has 1 N–H and O–H groups in total. The average molecular weight is 300 g/mol. The maximum atomic E-state index is 11.7. The van der Waals surface area contributed by atoms with Gasteiger partial charge in [-0.1, -0.05) is 30.3 Å². The third-order valence-electron chi connectivity index (χ3n) is 4.08. The molecule has 0 aliphatic carbocycles. The van der Waals surface area contributed by atoms with Crippen LogP contribution < -0.4 is 0 Å². The summed E-state index contributed by atoms with van der Waals surface area (Å²) in [4.78, 5) is 16.0. The molecule has 116 valence electrons. The highest BCUT2D eigenvalue weighted by Crippen LogP contribution is 2.23. The molecule has 2 heterocycles. The summed E-state index contributed by atoms with van der Waals surface area (Å²) in [5, 5.41) is 9.58. The molecule has 1 fully saturated rings. The van der Waals surface area contributed by atoms with E-state index in [1.165, 1.54) is 0 Å². The van der Waals surface area contributed by atoms with Crippen molar-refractivity contribution in [3.05, 3.63) is 60.1 Å². The van der Waals surface area contributed by atoms with Gasteiger partial charge in [0.1, 0.15) is 11.8 Å². The lowest BCUT2D eigenvalue weighted by Gasteiger charge is -2.37. The first-order chi connectivity index (χ1) is 10.7. The maximum absolute atomic E-state index is 11.7. The smallest absolute Gasteiger partial charge is 0.325 e. The predicted octanol–water partition coefficient (Wildman–Crippen LogP) is 2.22. The normalized spacial score (nSPS) is 18.2. The molecule has 3 rings (SSSR count). The highest BCUT2D eigenvalue weighted by atomic mass is 16.4. The van der Waals surface area contributed by atoms with Crippen LogP contribution in [0.5, 0.6) is 0 Å². The fourth-order valence-electron chi connectivity index (χ4n) is 2.95. The van der Waals surface area contributed by atoms with Crippen LogP contribution in [0, 0.1) is 0 Å². The molecule has 5 nitrogen and oxygen atoms in total. The van der Waals surface area contributed by atoms with E-state index < -0.39 is 12.0 Å². The summed E-state index contributed by atoms with van der Waals surface area (Å²) in [7, 11) is 0. The van der Waals surface area contributed by atoms with Crippen molar-refractivity contribution in [1.82, 2.24) is 9.80 Å². The summed E-state index contributed by atoms with van der Waals surface area (Å²) in [6, 6.07) is 12.7. The van der Waals surface area contributed by atoms with Crippen molar-refractivity contribution in [2.75, 3.05) is 26.2 Å². The molecule has 0 spiro atoms. The Kier molecular flexibility index (Phi) is 4.56. The van der Waals surface area contributed by atoms with Crippen LogP contribution in [0.25, 0.3) is 0 Å². The van der Waals surface area contributed by atoms with Gasteiger partial charge in [0.05, 0.1) is 12.8 Å². The number of nitrogens with zero attached hydrogens (tertiary/aromatic N) is 2. The van der Waals surface area contributed by atoms with E-state index in [9.17, 15) is 9.90 Å². The molecule has 22 heavy (non-hydrogen) atoms. The zero-order chi connectivity index (χ0) is 15.4. The molecule has 2 aromatic rings. The Bertz CT molecular complexity index is 590. The summed E-state index contributed by atoms with van der Waals surface area (Å²) >= 11 is 0. The molecule has 0 bridgehead atoms. The van der Waals surface area contributed by atoms with Gasteiger partial charge in [-0.3, -0.25) is 14.6 Å². The number of hydrogen-bond acceptors (Lipinski definition) is 4. The Labute approximate surface area is 129 Å². The van der Waals surface area contributed by atoms with E-state index in [2.05, 4.69) is 4.90 Å². The molecule has 0 amide bonds. The second kappa shape index (κ2) is 6.77. The topological polar surface area (TPSA) is 56.9 Å². The van der Waals surface area contributed by atoms with Crippen molar-refractivity contribution in [2.24, 2.45) is 0 Å². The van der Waals surface area contributed by atoms with Gasteiger partial charge in [-0.15, -0.1) is 0 Å². The summed E-state index contributed by atoms with van der Waals surface area (Å²) in [6.07, 6.45) is 1.68. The third-order valence-corrected chi connectivity index (χ3v) is 4.08. The minimum absolute atomic E-state index is 0.563. The molecule has 0 saturated carbocycles. The Morgan fingerprint density at radius 2 is 1.82 bits per heavy atom.